The maximum atomic E-state index is 14.3. The molecule has 0 aliphatic carbocycles. The van der Waals surface area contributed by atoms with E-state index in [4.69, 9.17) is 15.5 Å². The summed E-state index contributed by atoms with van der Waals surface area (Å²) >= 11 is 0. The van der Waals surface area contributed by atoms with Crippen LogP contribution in [0.5, 0.6) is 6.01 Å². The van der Waals surface area contributed by atoms with Gasteiger partial charge in [-0.1, -0.05) is 12.2 Å². The van der Waals surface area contributed by atoms with Crippen LogP contribution in [-0.2, 0) is 6.18 Å². The van der Waals surface area contributed by atoms with Gasteiger partial charge in [-0.15, -0.1) is 0 Å². The van der Waals surface area contributed by atoms with E-state index in [1.54, 1.807) is 0 Å². The van der Waals surface area contributed by atoms with Gasteiger partial charge in [0.15, 0.2) is 0 Å². The largest absolute Gasteiger partial charge is 0.461 e. The molecule has 3 aromatic rings. The molecule has 0 saturated carbocycles. The highest BCUT2D eigenvalue weighted by Gasteiger charge is 2.49. The van der Waals surface area contributed by atoms with Gasteiger partial charge in [-0.05, 0) is 56.8 Å². The zero-order valence-corrected chi connectivity index (χ0v) is 22.2. The topological polar surface area (TPSA) is 93.3 Å². The van der Waals surface area contributed by atoms with Gasteiger partial charge in [0.2, 0.25) is 0 Å². The first-order valence-corrected chi connectivity index (χ1v) is 13.6. The van der Waals surface area contributed by atoms with E-state index in [2.05, 4.69) is 36.9 Å². The SMILES string of the molecule is Cc1cc(N)nc(-c2cc3nc(OCC45CCCN4CC(F)C5)nc(N4CCC=CCC4)c3cn2)c1C(F)(F)F. The molecule has 2 fully saturated rings. The van der Waals surface area contributed by atoms with Crippen molar-refractivity contribution >= 4 is 22.5 Å². The summed E-state index contributed by atoms with van der Waals surface area (Å²) in [5.41, 5.74) is 4.55. The molecule has 0 aromatic carbocycles. The molecule has 2 saturated heterocycles. The fourth-order valence-corrected chi connectivity index (χ4v) is 6.33. The minimum atomic E-state index is -4.65. The van der Waals surface area contributed by atoms with Gasteiger partial charge in [-0.3, -0.25) is 9.88 Å². The first kappa shape index (κ1) is 26.7. The molecular weight excluding hydrogens is 526 g/mol. The normalized spacial score (nSPS) is 23.5. The summed E-state index contributed by atoms with van der Waals surface area (Å²) in [6, 6.07) is 2.78. The van der Waals surface area contributed by atoms with Crippen molar-refractivity contribution in [1.82, 2.24) is 24.8 Å². The van der Waals surface area contributed by atoms with E-state index < -0.39 is 23.5 Å². The molecule has 0 bridgehead atoms. The van der Waals surface area contributed by atoms with Crippen molar-refractivity contribution in [2.24, 2.45) is 0 Å². The third-order valence-electron chi connectivity index (χ3n) is 8.13. The Balaban J connectivity index is 1.43. The second kappa shape index (κ2) is 10.1. The van der Waals surface area contributed by atoms with Crippen molar-refractivity contribution in [3.8, 4) is 17.4 Å². The third-order valence-corrected chi connectivity index (χ3v) is 8.13. The molecule has 3 aromatic heterocycles. The molecule has 12 heteroatoms. The van der Waals surface area contributed by atoms with Gasteiger partial charge in [0.1, 0.15) is 30.1 Å². The summed E-state index contributed by atoms with van der Waals surface area (Å²) in [5.74, 6) is 0.570. The lowest BCUT2D eigenvalue weighted by Gasteiger charge is -2.31. The second-order valence-electron chi connectivity index (χ2n) is 10.9. The number of alkyl halides is 4. The number of aromatic nitrogens is 4. The molecule has 2 unspecified atom stereocenters. The molecule has 3 aliphatic heterocycles. The summed E-state index contributed by atoms with van der Waals surface area (Å²) in [6.45, 7) is 4.24. The maximum Gasteiger partial charge on any atom is 0.418 e. The molecule has 8 nitrogen and oxygen atoms in total. The monoisotopic (exact) mass is 557 g/mol. The lowest BCUT2D eigenvalue weighted by atomic mass is 9.95. The number of anilines is 2. The summed E-state index contributed by atoms with van der Waals surface area (Å²) in [4.78, 5) is 22.0. The van der Waals surface area contributed by atoms with Gasteiger partial charge in [0.05, 0.1) is 27.7 Å². The second-order valence-corrected chi connectivity index (χ2v) is 10.9. The van der Waals surface area contributed by atoms with Crippen LogP contribution in [0.15, 0.2) is 30.5 Å². The highest BCUT2D eigenvalue weighted by molar-refractivity contribution is 5.91. The van der Waals surface area contributed by atoms with Gasteiger partial charge >= 0.3 is 12.2 Å². The molecule has 3 aliphatic rings. The average Bonchev–Trinajstić information content (AvgIpc) is 3.27. The number of halogens is 4. The lowest BCUT2D eigenvalue weighted by Crippen LogP contribution is -2.43. The number of hydrogen-bond donors (Lipinski definition) is 1. The Morgan fingerprint density at radius 2 is 1.88 bits per heavy atom. The van der Waals surface area contributed by atoms with Crippen molar-refractivity contribution in [3.05, 3.63) is 41.6 Å². The molecule has 212 valence electrons. The molecule has 6 heterocycles. The molecule has 2 atom stereocenters. The number of ether oxygens (including phenoxy) is 1. The predicted molar refractivity (Wildman–Crippen MR) is 144 cm³/mol. The first-order valence-electron chi connectivity index (χ1n) is 13.6. The number of hydrogen-bond acceptors (Lipinski definition) is 8. The van der Waals surface area contributed by atoms with Crippen molar-refractivity contribution in [3.63, 3.8) is 0 Å². The summed E-state index contributed by atoms with van der Waals surface area (Å²) in [7, 11) is 0. The average molecular weight is 558 g/mol. The van der Waals surface area contributed by atoms with Crippen LogP contribution in [0.1, 0.15) is 43.2 Å². The zero-order valence-electron chi connectivity index (χ0n) is 22.2. The Kier molecular flexibility index (Phi) is 6.76. The van der Waals surface area contributed by atoms with E-state index in [-0.39, 0.29) is 35.4 Å². The quantitative estimate of drug-likeness (QED) is 0.342. The Hall–Kier alpha value is -3.54. The van der Waals surface area contributed by atoms with E-state index in [0.717, 1.165) is 32.2 Å². The van der Waals surface area contributed by atoms with E-state index in [9.17, 15) is 17.6 Å². The van der Waals surface area contributed by atoms with Crippen molar-refractivity contribution in [1.29, 1.82) is 0 Å². The van der Waals surface area contributed by atoms with E-state index in [1.807, 2.05) is 0 Å². The van der Waals surface area contributed by atoms with Crippen molar-refractivity contribution in [2.45, 2.75) is 56.9 Å². The molecule has 2 N–H and O–H groups in total. The molecule has 0 spiro atoms. The maximum absolute atomic E-state index is 14.3. The lowest BCUT2D eigenvalue weighted by molar-refractivity contribution is -0.137. The number of nitrogen functional groups attached to an aromatic ring is 1. The van der Waals surface area contributed by atoms with Crippen LogP contribution < -0.4 is 15.4 Å². The summed E-state index contributed by atoms with van der Waals surface area (Å²) in [5, 5.41) is 0.595. The van der Waals surface area contributed by atoms with Gasteiger partial charge in [-0.25, -0.2) is 9.37 Å². The highest BCUT2D eigenvalue weighted by Crippen LogP contribution is 2.41. The zero-order chi connectivity index (χ0) is 28.1. The van der Waals surface area contributed by atoms with Crippen LogP contribution in [0.2, 0.25) is 0 Å². The van der Waals surface area contributed by atoms with Crippen LogP contribution in [0.4, 0.5) is 29.2 Å². The number of rotatable bonds is 5. The predicted octanol–water partition coefficient (Wildman–Crippen LogP) is 5.11. The van der Waals surface area contributed by atoms with Crippen LogP contribution in [0.3, 0.4) is 0 Å². The molecular formula is C28H31F4N7O. The van der Waals surface area contributed by atoms with Crippen molar-refractivity contribution in [2.75, 3.05) is 43.4 Å². The highest BCUT2D eigenvalue weighted by atomic mass is 19.4. The van der Waals surface area contributed by atoms with E-state index >= 15 is 0 Å². The minimum Gasteiger partial charge on any atom is -0.461 e. The molecule has 40 heavy (non-hydrogen) atoms. The Labute approximate surface area is 229 Å². The number of aryl methyl sites for hydroxylation is 1. The number of nitrogens with two attached hydrogens (primary N) is 1. The van der Waals surface area contributed by atoms with Crippen LogP contribution in [-0.4, -0.2) is 69.3 Å². The first-order chi connectivity index (χ1) is 19.1. The molecule has 0 radical (unpaired) electrons. The van der Waals surface area contributed by atoms with Gasteiger partial charge in [0.25, 0.3) is 0 Å². The number of nitrogens with zero attached hydrogens (tertiary/aromatic N) is 6. The number of fused-ring (bicyclic) bond motifs is 2. The fourth-order valence-electron chi connectivity index (χ4n) is 6.33. The summed E-state index contributed by atoms with van der Waals surface area (Å²) < 4.78 is 62.6. The van der Waals surface area contributed by atoms with E-state index in [1.165, 1.54) is 25.3 Å². The standard InChI is InChI=1S/C28H31F4N7O/c1-17-11-22(33)36-24(23(17)28(30,31)32)21-12-20-19(14-34-21)25(38-8-4-2-3-5-9-38)37-26(35-20)40-16-27-7-6-10-39(27)15-18(29)13-27/h2-3,11-12,14,18H,4-10,13,15-16H2,1H3,(H2,33,36). The fraction of sp³-hybridized carbons (Fsp3) is 0.500. The Morgan fingerprint density at radius 3 is 2.62 bits per heavy atom. The van der Waals surface area contributed by atoms with Crippen molar-refractivity contribution < 1.29 is 22.3 Å². The number of pyridine rings is 2. The van der Waals surface area contributed by atoms with E-state index in [0.29, 0.717) is 42.8 Å². The molecule has 0 amide bonds. The Morgan fingerprint density at radius 1 is 1.10 bits per heavy atom. The van der Waals surface area contributed by atoms with Gasteiger partial charge in [0, 0.05) is 32.3 Å². The van der Waals surface area contributed by atoms with Gasteiger partial charge < -0.3 is 15.4 Å². The van der Waals surface area contributed by atoms with Crippen LogP contribution in [0, 0.1) is 6.92 Å². The molecule has 6 rings (SSSR count). The minimum absolute atomic E-state index is 0.0000150. The van der Waals surface area contributed by atoms with Crippen LogP contribution >= 0.6 is 0 Å². The van der Waals surface area contributed by atoms with Crippen LogP contribution in [0.25, 0.3) is 22.3 Å². The Bertz CT molecular complexity index is 1450. The van der Waals surface area contributed by atoms with Gasteiger partial charge in [-0.2, -0.15) is 23.1 Å². The summed E-state index contributed by atoms with van der Waals surface area (Å²) in [6.07, 6.45) is 4.04. The third kappa shape index (κ3) is 4.93. The smallest absolute Gasteiger partial charge is 0.418 e.